The number of nitrogens with zero attached hydrogens (tertiary/aromatic N) is 5. The van der Waals surface area contributed by atoms with Gasteiger partial charge in [0.25, 0.3) is 5.91 Å². The standard InChI is InChI=1S/C57H74N10O9S/c1-35(37-15-19-40(20-16-37)49-36(2)59-34-77-49)60-53(72)46-29-42(68)31-66(46)54(73)51(56(3,4)5)62-48(70)23-25-75-27-28-76-26-24-58-52(71)41-21-17-39(18-22-41)47(69)30-44-43-32-67(57(6,7)50(43)64-63-44)55(74)61-45(33-65(8)9)38-13-11-10-12-14-38/h10-22,34-35,42,45-46,51,68H,23-33H2,1-9H3,(H,58,71)(H,60,72)(H,61,74)(H,62,70)(H,63,64)/t35-,42+,45+,46-,51+/m0/s1. The normalized spacial score (nSPS) is 17.1. The molecule has 77 heavy (non-hydrogen) atoms. The van der Waals surface area contributed by atoms with Gasteiger partial charge in [0.1, 0.15) is 12.1 Å². The van der Waals surface area contributed by atoms with Crippen LogP contribution in [-0.2, 0) is 42.4 Å². The van der Waals surface area contributed by atoms with Crippen molar-refractivity contribution in [2.24, 2.45) is 5.41 Å². The van der Waals surface area contributed by atoms with Crippen LogP contribution in [-0.4, -0.2) is 149 Å². The maximum atomic E-state index is 14.1. The Morgan fingerprint density at radius 1 is 0.883 bits per heavy atom. The molecule has 0 saturated carbocycles. The summed E-state index contributed by atoms with van der Waals surface area (Å²) in [5.74, 6) is -1.73. The predicted molar refractivity (Wildman–Crippen MR) is 293 cm³/mol. The van der Waals surface area contributed by atoms with Crippen molar-refractivity contribution < 1.29 is 43.3 Å². The average molecular weight is 1080 g/mol. The largest absolute Gasteiger partial charge is 0.391 e. The van der Waals surface area contributed by atoms with Gasteiger partial charge in [-0.25, -0.2) is 9.78 Å². The molecule has 20 heteroatoms. The third-order valence-electron chi connectivity index (χ3n) is 14.1. The molecule has 2 aromatic heterocycles. The number of β-amino-alcohol motifs (C(OH)–C–C–N with tert-alkyl or cyclic N) is 1. The van der Waals surface area contributed by atoms with Gasteiger partial charge in [-0.15, -0.1) is 11.3 Å². The lowest BCUT2D eigenvalue weighted by Gasteiger charge is -2.35. The van der Waals surface area contributed by atoms with Gasteiger partial charge in [-0.2, -0.15) is 5.10 Å². The summed E-state index contributed by atoms with van der Waals surface area (Å²) in [4.78, 5) is 91.7. The summed E-state index contributed by atoms with van der Waals surface area (Å²) in [5.41, 5.74) is 7.24. The number of urea groups is 1. The van der Waals surface area contributed by atoms with Crippen molar-refractivity contribution in [2.45, 2.75) is 110 Å². The second-order valence-corrected chi connectivity index (χ2v) is 22.5. The first kappa shape index (κ1) is 57.9. The number of Topliss-reactive ketones (excluding diaryl/α,β-unsaturated/α-hetero) is 1. The average Bonchev–Trinajstić information content (AvgIpc) is 4.23. The van der Waals surface area contributed by atoms with Gasteiger partial charge < -0.3 is 50.5 Å². The molecule has 3 aromatic carbocycles. The van der Waals surface area contributed by atoms with E-state index in [-0.39, 0.29) is 94.5 Å². The summed E-state index contributed by atoms with van der Waals surface area (Å²) in [7, 11) is 3.93. The highest BCUT2D eigenvalue weighted by Gasteiger charge is 2.46. The molecule has 412 valence electrons. The van der Waals surface area contributed by atoms with Crippen LogP contribution in [0, 0.1) is 12.3 Å². The summed E-state index contributed by atoms with van der Waals surface area (Å²) in [5, 5.41) is 30.1. The van der Waals surface area contributed by atoms with Gasteiger partial charge in [0.15, 0.2) is 5.78 Å². The number of nitrogens with one attached hydrogen (secondary N) is 5. The first-order valence-corrected chi connectivity index (χ1v) is 27.0. The molecule has 5 atom stereocenters. The van der Waals surface area contributed by atoms with Gasteiger partial charge in [-0.3, -0.25) is 29.1 Å². The van der Waals surface area contributed by atoms with Crippen LogP contribution in [0.3, 0.4) is 0 Å². The lowest BCUT2D eigenvalue weighted by atomic mass is 9.85. The van der Waals surface area contributed by atoms with E-state index >= 15 is 0 Å². The minimum Gasteiger partial charge on any atom is -0.391 e. The zero-order valence-corrected chi connectivity index (χ0v) is 46.4. The van der Waals surface area contributed by atoms with E-state index in [1.807, 2.05) is 128 Å². The highest BCUT2D eigenvalue weighted by Crippen LogP contribution is 2.39. The van der Waals surface area contributed by atoms with Crippen LogP contribution in [0.25, 0.3) is 10.4 Å². The molecule has 2 aliphatic rings. The van der Waals surface area contributed by atoms with Crippen molar-refractivity contribution >= 4 is 46.8 Å². The number of hydrogen-bond donors (Lipinski definition) is 6. The van der Waals surface area contributed by atoms with E-state index in [4.69, 9.17) is 9.47 Å². The van der Waals surface area contributed by atoms with E-state index < -0.39 is 41.0 Å². The Balaban J connectivity index is 0.789. The molecule has 2 aliphatic heterocycles. The summed E-state index contributed by atoms with van der Waals surface area (Å²) < 4.78 is 11.3. The summed E-state index contributed by atoms with van der Waals surface area (Å²) in [6.07, 6.45) is -0.802. The molecule has 7 rings (SSSR count). The number of ether oxygens (including phenoxy) is 2. The topological polar surface area (TPSA) is 241 Å². The molecule has 0 unspecified atom stereocenters. The Hall–Kier alpha value is -6.84. The number of likely N-dealkylation sites (N-methyl/N-ethyl adjacent to an activating group) is 1. The number of aryl methyl sites for hydroxylation is 1. The van der Waals surface area contributed by atoms with Crippen LogP contribution in [0.4, 0.5) is 4.79 Å². The van der Waals surface area contributed by atoms with E-state index in [2.05, 4.69) is 36.4 Å². The number of fused-ring (bicyclic) bond motifs is 1. The molecule has 0 bridgehead atoms. The molecular weight excluding hydrogens is 1000 g/mol. The lowest BCUT2D eigenvalue weighted by molar-refractivity contribution is -0.144. The molecule has 19 nitrogen and oxygen atoms in total. The molecule has 5 aromatic rings. The van der Waals surface area contributed by atoms with Crippen LogP contribution in [0.5, 0.6) is 0 Å². The number of amides is 6. The van der Waals surface area contributed by atoms with E-state index in [0.29, 0.717) is 29.9 Å². The van der Waals surface area contributed by atoms with Gasteiger partial charge in [-0.1, -0.05) is 87.5 Å². The van der Waals surface area contributed by atoms with Crippen LogP contribution in [0.1, 0.15) is 121 Å². The van der Waals surface area contributed by atoms with E-state index in [9.17, 15) is 33.9 Å². The fraction of sp³-hybridized carbons (Fsp3) is 0.474. The monoisotopic (exact) mass is 1070 g/mol. The number of benzene rings is 3. The molecule has 1 saturated heterocycles. The van der Waals surface area contributed by atoms with Crippen LogP contribution < -0.4 is 21.3 Å². The SMILES string of the molecule is Cc1ncsc1-c1ccc([C@H](C)NC(=O)[C@@H]2C[C@@H](O)CN2C(=O)[C@@H](NC(=O)CCOCCOCCNC(=O)c2ccc(C(=O)Cc3[nH]nc4c3CN(C(=O)N[C@H](CN(C)C)c3ccccc3)C4(C)C)cc2)C(C)(C)C)cc1. The van der Waals surface area contributed by atoms with Gasteiger partial charge in [0, 0.05) is 54.9 Å². The third kappa shape index (κ3) is 14.6. The first-order valence-electron chi connectivity index (χ1n) is 26.1. The Morgan fingerprint density at radius 3 is 2.21 bits per heavy atom. The Labute approximate surface area is 454 Å². The number of carbonyl (C=O) groups excluding carboxylic acids is 6. The molecule has 6 N–H and O–H groups in total. The van der Waals surface area contributed by atoms with Crippen LogP contribution >= 0.6 is 11.3 Å². The van der Waals surface area contributed by atoms with E-state index in [1.54, 1.807) is 40.5 Å². The number of H-pyrrole nitrogens is 1. The van der Waals surface area contributed by atoms with Crippen LogP contribution in [0.15, 0.2) is 84.4 Å². The fourth-order valence-corrected chi connectivity index (χ4v) is 10.5. The molecule has 0 radical (unpaired) electrons. The van der Waals surface area contributed by atoms with Gasteiger partial charge >= 0.3 is 6.03 Å². The maximum Gasteiger partial charge on any atom is 0.319 e. The summed E-state index contributed by atoms with van der Waals surface area (Å²) >= 11 is 1.57. The number of likely N-dealkylation sites (tertiary alicyclic amines) is 1. The highest BCUT2D eigenvalue weighted by molar-refractivity contribution is 7.13. The Kier molecular flexibility index (Phi) is 19.2. The quantitative estimate of drug-likeness (QED) is 0.0334. The molecule has 6 amide bonds. The number of aromatic amines is 1. The van der Waals surface area contributed by atoms with Crippen LogP contribution in [0.2, 0.25) is 0 Å². The first-order chi connectivity index (χ1) is 36.6. The number of rotatable bonds is 23. The van der Waals surface area contributed by atoms with E-state index in [1.165, 1.54) is 4.90 Å². The van der Waals surface area contributed by atoms with Gasteiger partial charge in [0.2, 0.25) is 17.7 Å². The zero-order chi connectivity index (χ0) is 55.6. The molecule has 0 aliphatic carbocycles. The maximum absolute atomic E-state index is 14.1. The summed E-state index contributed by atoms with van der Waals surface area (Å²) in [6.45, 7) is 15.0. The second-order valence-electron chi connectivity index (χ2n) is 21.6. The molecule has 0 spiro atoms. The molecular formula is C57H74N10O9S. The third-order valence-corrected chi connectivity index (χ3v) is 15.0. The van der Waals surface area contributed by atoms with Crippen molar-refractivity contribution in [3.8, 4) is 10.4 Å². The number of aliphatic hydroxyl groups is 1. The number of carbonyl (C=O) groups is 6. The number of hydrogen-bond acceptors (Lipinski definition) is 13. The minimum atomic E-state index is -0.973. The van der Waals surface area contributed by atoms with Crippen molar-refractivity contribution in [2.75, 3.05) is 60.2 Å². The van der Waals surface area contributed by atoms with Gasteiger partial charge in [0.05, 0.1) is 84.9 Å². The highest BCUT2D eigenvalue weighted by atomic mass is 32.1. The van der Waals surface area contributed by atoms with Gasteiger partial charge in [-0.05, 0) is 76.0 Å². The Bertz CT molecular complexity index is 2850. The van der Waals surface area contributed by atoms with Crippen molar-refractivity contribution in [1.82, 2.24) is 51.1 Å². The minimum absolute atomic E-state index is 0.0258. The number of thiazole rings is 1. The predicted octanol–water partition coefficient (Wildman–Crippen LogP) is 5.85. The number of ketones is 1. The Morgan fingerprint density at radius 2 is 1.56 bits per heavy atom. The van der Waals surface area contributed by atoms with Crippen molar-refractivity contribution in [1.29, 1.82) is 0 Å². The zero-order valence-electron chi connectivity index (χ0n) is 45.6. The molecule has 1 fully saturated rings. The summed E-state index contributed by atoms with van der Waals surface area (Å²) in [6, 6.07) is 21.5. The van der Waals surface area contributed by atoms with Crippen molar-refractivity contribution in [3.63, 3.8) is 0 Å². The number of aromatic nitrogens is 3. The fourth-order valence-electron chi connectivity index (χ4n) is 9.69. The van der Waals surface area contributed by atoms with Crippen molar-refractivity contribution in [3.05, 3.63) is 129 Å². The second kappa shape index (κ2) is 25.5. The number of aliphatic hydroxyl groups excluding tert-OH is 1. The lowest BCUT2D eigenvalue weighted by Crippen LogP contribution is -2.58. The smallest absolute Gasteiger partial charge is 0.319 e. The van der Waals surface area contributed by atoms with E-state index in [0.717, 1.165) is 38.5 Å². The molecule has 4 heterocycles.